The van der Waals surface area contributed by atoms with Gasteiger partial charge in [0.2, 0.25) is 0 Å². The highest BCUT2D eigenvalue weighted by Crippen LogP contribution is 2.27. The lowest BCUT2D eigenvalue weighted by Crippen LogP contribution is -2.29. The van der Waals surface area contributed by atoms with Crippen molar-refractivity contribution >= 4 is 11.6 Å². The molecule has 1 unspecified atom stereocenters. The molecule has 0 aromatic heterocycles. The van der Waals surface area contributed by atoms with E-state index in [1.807, 2.05) is 13.0 Å². The normalized spacial score (nSPS) is 13.1. The van der Waals surface area contributed by atoms with Crippen LogP contribution in [0, 0.1) is 12.8 Å². The van der Waals surface area contributed by atoms with Crippen LogP contribution >= 0.6 is 11.6 Å². The smallest absolute Gasteiger partial charge is 0.0463 e. The maximum Gasteiger partial charge on any atom is 0.0463 e. The number of aryl methyl sites for hydroxylation is 1. The number of hydrogen-bond donors (Lipinski definition) is 2. The number of nitrogens with two attached hydrogens (primary N) is 1. The predicted molar refractivity (Wildman–Crippen MR) is 74.9 cm³/mol. The number of benzene rings is 1. The Morgan fingerprint density at radius 2 is 1.94 bits per heavy atom. The molecule has 17 heavy (non-hydrogen) atoms. The molecule has 0 saturated carbocycles. The van der Waals surface area contributed by atoms with Gasteiger partial charge in [-0.2, -0.15) is 0 Å². The van der Waals surface area contributed by atoms with E-state index in [1.165, 1.54) is 18.4 Å². The van der Waals surface area contributed by atoms with Gasteiger partial charge in [-0.3, -0.25) is 11.3 Å². The highest BCUT2D eigenvalue weighted by atomic mass is 35.5. The number of hydrazine groups is 1. The third kappa shape index (κ3) is 3.98. The first-order valence-electron chi connectivity index (χ1n) is 6.34. The Kier molecular flexibility index (Phi) is 5.96. The van der Waals surface area contributed by atoms with Gasteiger partial charge in [-0.1, -0.05) is 50.4 Å². The van der Waals surface area contributed by atoms with Crippen molar-refractivity contribution in [3.63, 3.8) is 0 Å². The highest BCUT2D eigenvalue weighted by Gasteiger charge is 2.15. The van der Waals surface area contributed by atoms with Crippen LogP contribution in [-0.4, -0.2) is 0 Å². The van der Waals surface area contributed by atoms with E-state index in [-0.39, 0.29) is 6.04 Å². The molecule has 3 heteroatoms. The molecule has 0 spiro atoms. The molecule has 0 amide bonds. The van der Waals surface area contributed by atoms with E-state index >= 15 is 0 Å². The maximum absolute atomic E-state index is 6.15. The molecule has 0 saturated heterocycles. The molecule has 1 atom stereocenters. The largest absolute Gasteiger partial charge is 0.271 e. The summed E-state index contributed by atoms with van der Waals surface area (Å²) in [4.78, 5) is 0. The molecular weight excluding hydrogens is 232 g/mol. The number of rotatable bonds is 6. The summed E-state index contributed by atoms with van der Waals surface area (Å²) in [5.74, 6) is 6.36. The average molecular weight is 255 g/mol. The first-order valence-corrected chi connectivity index (χ1v) is 6.72. The lowest BCUT2D eigenvalue weighted by atomic mass is 9.91. The Balaban J connectivity index is 2.82. The number of hydrogen-bond acceptors (Lipinski definition) is 2. The highest BCUT2D eigenvalue weighted by molar-refractivity contribution is 6.31. The third-order valence-corrected chi connectivity index (χ3v) is 3.93. The lowest BCUT2D eigenvalue weighted by Gasteiger charge is -2.22. The minimum Gasteiger partial charge on any atom is -0.271 e. The topological polar surface area (TPSA) is 38.0 Å². The van der Waals surface area contributed by atoms with Crippen molar-refractivity contribution in [2.45, 2.75) is 46.1 Å². The molecule has 0 aliphatic carbocycles. The van der Waals surface area contributed by atoms with E-state index in [0.29, 0.717) is 5.92 Å². The fourth-order valence-corrected chi connectivity index (χ4v) is 2.27. The second kappa shape index (κ2) is 7.00. The molecular formula is C14H23ClN2. The van der Waals surface area contributed by atoms with Crippen molar-refractivity contribution in [3.8, 4) is 0 Å². The second-order valence-corrected chi connectivity index (χ2v) is 5.05. The molecule has 0 aliphatic heterocycles. The van der Waals surface area contributed by atoms with E-state index in [4.69, 9.17) is 17.4 Å². The van der Waals surface area contributed by atoms with Gasteiger partial charge in [-0.25, -0.2) is 0 Å². The van der Waals surface area contributed by atoms with Crippen molar-refractivity contribution in [3.05, 3.63) is 34.3 Å². The van der Waals surface area contributed by atoms with Gasteiger partial charge in [-0.15, -0.1) is 0 Å². The van der Waals surface area contributed by atoms with Crippen molar-refractivity contribution < 1.29 is 0 Å². The molecule has 3 N–H and O–H groups in total. The van der Waals surface area contributed by atoms with Gasteiger partial charge in [0.15, 0.2) is 0 Å². The van der Waals surface area contributed by atoms with Gasteiger partial charge >= 0.3 is 0 Å². The average Bonchev–Trinajstić information content (AvgIpc) is 2.35. The summed E-state index contributed by atoms with van der Waals surface area (Å²) in [5.41, 5.74) is 5.19. The first kappa shape index (κ1) is 14.5. The van der Waals surface area contributed by atoms with Crippen LogP contribution in [0.3, 0.4) is 0 Å². The molecule has 1 rings (SSSR count). The van der Waals surface area contributed by atoms with Crippen molar-refractivity contribution in [1.29, 1.82) is 0 Å². The van der Waals surface area contributed by atoms with Gasteiger partial charge in [0, 0.05) is 11.1 Å². The quantitative estimate of drug-likeness (QED) is 0.595. The number of nitrogens with one attached hydrogen (secondary N) is 1. The molecule has 0 heterocycles. The molecule has 0 radical (unpaired) electrons. The Labute approximate surface area is 110 Å². The van der Waals surface area contributed by atoms with E-state index in [0.717, 1.165) is 17.0 Å². The standard InChI is InChI=1S/C14H23ClN2/c1-4-11(5-2)8-14(17-16)12-7-6-10(3)13(15)9-12/h6-7,9,11,14,17H,4-5,8,16H2,1-3H3. The Morgan fingerprint density at radius 1 is 1.29 bits per heavy atom. The van der Waals surface area contributed by atoms with Gasteiger partial charge in [0.1, 0.15) is 0 Å². The maximum atomic E-state index is 6.15. The summed E-state index contributed by atoms with van der Waals surface area (Å²) in [5, 5.41) is 0.812. The second-order valence-electron chi connectivity index (χ2n) is 4.65. The molecule has 2 nitrogen and oxygen atoms in total. The summed E-state index contributed by atoms with van der Waals surface area (Å²) in [7, 11) is 0. The summed E-state index contributed by atoms with van der Waals surface area (Å²) in [6.07, 6.45) is 3.44. The van der Waals surface area contributed by atoms with Gasteiger partial charge < -0.3 is 0 Å². The third-order valence-electron chi connectivity index (χ3n) is 3.52. The van der Waals surface area contributed by atoms with E-state index in [1.54, 1.807) is 0 Å². The molecule has 0 aliphatic rings. The minimum atomic E-state index is 0.193. The zero-order valence-corrected chi connectivity index (χ0v) is 11.7. The Morgan fingerprint density at radius 3 is 2.41 bits per heavy atom. The summed E-state index contributed by atoms with van der Waals surface area (Å²) in [6, 6.07) is 6.37. The van der Waals surface area contributed by atoms with Crippen LogP contribution in [-0.2, 0) is 0 Å². The molecule has 0 fully saturated rings. The van der Waals surface area contributed by atoms with Crippen LogP contribution in [0.5, 0.6) is 0 Å². The Hall–Kier alpha value is -0.570. The molecule has 96 valence electrons. The summed E-state index contributed by atoms with van der Waals surface area (Å²) >= 11 is 6.15. The zero-order valence-electron chi connectivity index (χ0n) is 11.0. The summed E-state index contributed by atoms with van der Waals surface area (Å²) < 4.78 is 0. The zero-order chi connectivity index (χ0) is 12.8. The molecule has 1 aromatic rings. The molecule has 0 bridgehead atoms. The van der Waals surface area contributed by atoms with Gasteiger partial charge in [-0.05, 0) is 36.5 Å². The van der Waals surface area contributed by atoms with Crippen molar-refractivity contribution in [2.75, 3.05) is 0 Å². The Bertz CT molecular complexity index is 348. The van der Waals surface area contributed by atoms with Crippen LogP contribution in [0.2, 0.25) is 5.02 Å². The monoisotopic (exact) mass is 254 g/mol. The van der Waals surface area contributed by atoms with Gasteiger partial charge in [0.05, 0.1) is 0 Å². The summed E-state index contributed by atoms with van der Waals surface area (Å²) in [6.45, 7) is 6.46. The lowest BCUT2D eigenvalue weighted by molar-refractivity contribution is 0.375. The fourth-order valence-electron chi connectivity index (χ4n) is 2.08. The van der Waals surface area contributed by atoms with E-state index in [2.05, 4.69) is 31.4 Å². The van der Waals surface area contributed by atoms with Crippen LogP contribution in [0.25, 0.3) is 0 Å². The van der Waals surface area contributed by atoms with Gasteiger partial charge in [0.25, 0.3) is 0 Å². The van der Waals surface area contributed by atoms with Crippen molar-refractivity contribution in [2.24, 2.45) is 11.8 Å². The molecule has 1 aromatic carbocycles. The number of halogens is 1. The van der Waals surface area contributed by atoms with Crippen molar-refractivity contribution in [1.82, 2.24) is 5.43 Å². The van der Waals surface area contributed by atoms with Crippen LogP contribution in [0.15, 0.2) is 18.2 Å². The SMILES string of the molecule is CCC(CC)CC(NN)c1ccc(C)c(Cl)c1. The van der Waals surface area contributed by atoms with E-state index < -0.39 is 0 Å². The van der Waals surface area contributed by atoms with Crippen LogP contribution < -0.4 is 11.3 Å². The fraction of sp³-hybridized carbons (Fsp3) is 0.571. The van der Waals surface area contributed by atoms with Crippen LogP contribution in [0.1, 0.15) is 50.3 Å². The minimum absolute atomic E-state index is 0.193. The first-order chi connectivity index (χ1) is 8.12. The van der Waals surface area contributed by atoms with E-state index in [9.17, 15) is 0 Å². The van der Waals surface area contributed by atoms with Crippen LogP contribution in [0.4, 0.5) is 0 Å². The predicted octanol–water partition coefficient (Wildman–Crippen LogP) is 3.98.